The highest BCUT2D eigenvalue weighted by atomic mass is 16.1. The number of nitriles is 1. The summed E-state index contributed by atoms with van der Waals surface area (Å²) in [4.78, 5) is 13.8. The van der Waals surface area contributed by atoms with Crippen LogP contribution in [-0.4, -0.2) is 30.9 Å². The third-order valence-corrected chi connectivity index (χ3v) is 3.35. The summed E-state index contributed by atoms with van der Waals surface area (Å²) >= 11 is 0. The first kappa shape index (κ1) is 12.6. The van der Waals surface area contributed by atoms with Gasteiger partial charge in [0.25, 0.3) is 0 Å². The Labute approximate surface area is 107 Å². The van der Waals surface area contributed by atoms with Crippen molar-refractivity contribution < 1.29 is 4.79 Å². The van der Waals surface area contributed by atoms with Crippen LogP contribution in [0.15, 0.2) is 24.3 Å². The maximum absolute atomic E-state index is 11.5. The molecule has 0 bridgehead atoms. The van der Waals surface area contributed by atoms with Crippen LogP contribution >= 0.6 is 0 Å². The maximum Gasteiger partial charge on any atom is 0.224 e. The molecule has 1 aliphatic rings. The van der Waals surface area contributed by atoms with Gasteiger partial charge in [-0.25, -0.2) is 0 Å². The Morgan fingerprint density at radius 2 is 2.44 bits per heavy atom. The summed E-state index contributed by atoms with van der Waals surface area (Å²) < 4.78 is 0. The molecule has 94 valence electrons. The van der Waals surface area contributed by atoms with Crippen LogP contribution in [0.25, 0.3) is 0 Å². The molecule has 1 N–H and O–H groups in total. The van der Waals surface area contributed by atoms with Gasteiger partial charge in [-0.05, 0) is 30.7 Å². The predicted octanol–water partition coefficient (Wildman–Crippen LogP) is 1.13. The van der Waals surface area contributed by atoms with Crippen molar-refractivity contribution in [3.05, 3.63) is 35.4 Å². The van der Waals surface area contributed by atoms with Crippen LogP contribution in [0.5, 0.6) is 0 Å². The number of hydrogen-bond donors (Lipinski definition) is 1. The van der Waals surface area contributed by atoms with Gasteiger partial charge < -0.3 is 5.32 Å². The Morgan fingerprint density at radius 3 is 3.17 bits per heavy atom. The summed E-state index contributed by atoms with van der Waals surface area (Å²) in [5.74, 6) is 0.234. The van der Waals surface area contributed by atoms with Crippen molar-refractivity contribution in [3.8, 4) is 6.07 Å². The minimum atomic E-state index is 0.106. The number of carbonyl (C=O) groups is 1. The number of likely N-dealkylation sites (tertiary alicyclic amines) is 1. The number of nitrogens with one attached hydrogen (secondary N) is 1. The second-order valence-corrected chi connectivity index (χ2v) is 4.65. The lowest BCUT2D eigenvalue weighted by molar-refractivity contribution is -0.124. The van der Waals surface area contributed by atoms with Gasteiger partial charge in [0.15, 0.2) is 0 Å². The monoisotopic (exact) mass is 243 g/mol. The van der Waals surface area contributed by atoms with E-state index >= 15 is 0 Å². The van der Waals surface area contributed by atoms with Crippen molar-refractivity contribution in [2.75, 3.05) is 20.1 Å². The number of carbonyl (C=O) groups excluding carboxylic acids is 1. The summed E-state index contributed by atoms with van der Waals surface area (Å²) in [6.07, 6.45) is 0.914. The fourth-order valence-corrected chi connectivity index (χ4v) is 2.39. The SMILES string of the molecule is CNC(=O)C1CCN(Cc2cccc(C#N)c2)C1. The first-order valence-electron chi connectivity index (χ1n) is 6.16. The van der Waals surface area contributed by atoms with Gasteiger partial charge in [-0.2, -0.15) is 5.26 Å². The minimum Gasteiger partial charge on any atom is -0.359 e. The summed E-state index contributed by atoms with van der Waals surface area (Å²) in [5.41, 5.74) is 1.82. The smallest absolute Gasteiger partial charge is 0.224 e. The van der Waals surface area contributed by atoms with Gasteiger partial charge in [0.05, 0.1) is 17.6 Å². The molecule has 1 aromatic carbocycles. The summed E-state index contributed by atoms with van der Waals surface area (Å²) in [6.45, 7) is 2.55. The number of benzene rings is 1. The zero-order valence-corrected chi connectivity index (χ0v) is 10.5. The first-order chi connectivity index (χ1) is 8.72. The van der Waals surface area contributed by atoms with Crippen molar-refractivity contribution in [1.29, 1.82) is 5.26 Å². The van der Waals surface area contributed by atoms with Crippen molar-refractivity contribution in [1.82, 2.24) is 10.2 Å². The first-order valence-corrected chi connectivity index (χ1v) is 6.16. The Kier molecular flexibility index (Phi) is 3.96. The number of rotatable bonds is 3. The van der Waals surface area contributed by atoms with E-state index in [4.69, 9.17) is 5.26 Å². The minimum absolute atomic E-state index is 0.106. The molecule has 2 rings (SSSR count). The molecule has 1 saturated heterocycles. The summed E-state index contributed by atoms with van der Waals surface area (Å²) in [5, 5.41) is 11.6. The lowest BCUT2D eigenvalue weighted by Crippen LogP contribution is -2.30. The molecule has 0 spiro atoms. The number of amides is 1. The van der Waals surface area contributed by atoms with Crippen LogP contribution in [0.2, 0.25) is 0 Å². The molecule has 0 radical (unpaired) electrons. The molecule has 0 aromatic heterocycles. The molecular weight excluding hydrogens is 226 g/mol. The Bertz CT molecular complexity index is 478. The van der Waals surface area contributed by atoms with Gasteiger partial charge in [-0.3, -0.25) is 9.69 Å². The van der Waals surface area contributed by atoms with E-state index in [1.54, 1.807) is 13.1 Å². The maximum atomic E-state index is 11.5. The van der Waals surface area contributed by atoms with E-state index in [2.05, 4.69) is 16.3 Å². The van der Waals surface area contributed by atoms with E-state index in [0.29, 0.717) is 5.56 Å². The molecule has 1 unspecified atom stereocenters. The lowest BCUT2D eigenvalue weighted by atomic mass is 10.1. The third kappa shape index (κ3) is 2.88. The second-order valence-electron chi connectivity index (χ2n) is 4.65. The van der Waals surface area contributed by atoms with Crippen molar-refractivity contribution in [2.45, 2.75) is 13.0 Å². The highest BCUT2D eigenvalue weighted by Crippen LogP contribution is 2.19. The normalized spacial score (nSPS) is 19.4. The van der Waals surface area contributed by atoms with Crippen LogP contribution < -0.4 is 5.32 Å². The lowest BCUT2D eigenvalue weighted by Gasteiger charge is -2.15. The molecule has 4 nitrogen and oxygen atoms in total. The van der Waals surface area contributed by atoms with Gasteiger partial charge in [0.2, 0.25) is 5.91 Å². The van der Waals surface area contributed by atoms with Crippen molar-refractivity contribution in [2.24, 2.45) is 5.92 Å². The number of nitrogens with zero attached hydrogens (tertiary/aromatic N) is 2. The van der Waals surface area contributed by atoms with Crippen LogP contribution in [0.3, 0.4) is 0 Å². The molecule has 1 aromatic rings. The van der Waals surface area contributed by atoms with Crippen LogP contribution in [0.1, 0.15) is 17.5 Å². The highest BCUT2D eigenvalue weighted by molar-refractivity contribution is 5.78. The molecule has 1 heterocycles. The standard InChI is InChI=1S/C14H17N3O/c1-16-14(18)13-5-6-17(10-13)9-12-4-2-3-11(7-12)8-15/h2-4,7,13H,5-6,9-10H2,1H3,(H,16,18). The summed E-state index contributed by atoms with van der Waals surface area (Å²) in [7, 11) is 1.68. The van der Waals surface area contributed by atoms with Crippen LogP contribution in [-0.2, 0) is 11.3 Å². The summed E-state index contributed by atoms with van der Waals surface area (Å²) in [6, 6.07) is 9.79. The van der Waals surface area contributed by atoms with Gasteiger partial charge in [0, 0.05) is 20.1 Å². The largest absolute Gasteiger partial charge is 0.359 e. The van der Waals surface area contributed by atoms with Gasteiger partial charge in [-0.15, -0.1) is 0 Å². The average Bonchev–Trinajstić information content (AvgIpc) is 2.86. The zero-order valence-electron chi connectivity index (χ0n) is 10.5. The molecule has 0 saturated carbocycles. The van der Waals surface area contributed by atoms with E-state index in [1.165, 1.54) is 0 Å². The van der Waals surface area contributed by atoms with E-state index < -0.39 is 0 Å². The third-order valence-electron chi connectivity index (χ3n) is 3.35. The zero-order chi connectivity index (χ0) is 13.0. The Hall–Kier alpha value is -1.86. The predicted molar refractivity (Wildman–Crippen MR) is 68.6 cm³/mol. The second kappa shape index (κ2) is 5.65. The van der Waals surface area contributed by atoms with E-state index in [9.17, 15) is 4.79 Å². The molecule has 1 aliphatic heterocycles. The Morgan fingerprint density at radius 1 is 1.61 bits per heavy atom. The van der Waals surface area contributed by atoms with Crippen LogP contribution in [0.4, 0.5) is 0 Å². The average molecular weight is 243 g/mol. The van der Waals surface area contributed by atoms with E-state index in [1.807, 2.05) is 18.2 Å². The van der Waals surface area contributed by atoms with E-state index in [0.717, 1.165) is 31.6 Å². The van der Waals surface area contributed by atoms with Gasteiger partial charge in [0.1, 0.15) is 0 Å². The van der Waals surface area contributed by atoms with Gasteiger partial charge >= 0.3 is 0 Å². The molecule has 1 atom stereocenters. The molecule has 1 fully saturated rings. The fourth-order valence-electron chi connectivity index (χ4n) is 2.39. The molecular formula is C14H17N3O. The molecule has 18 heavy (non-hydrogen) atoms. The van der Waals surface area contributed by atoms with Crippen LogP contribution in [0, 0.1) is 17.2 Å². The fraction of sp³-hybridized carbons (Fsp3) is 0.429. The quantitative estimate of drug-likeness (QED) is 0.865. The molecule has 1 amide bonds. The van der Waals surface area contributed by atoms with Crippen molar-refractivity contribution in [3.63, 3.8) is 0 Å². The topological polar surface area (TPSA) is 56.1 Å². The van der Waals surface area contributed by atoms with Crippen molar-refractivity contribution >= 4 is 5.91 Å². The highest BCUT2D eigenvalue weighted by Gasteiger charge is 2.27. The molecule has 0 aliphatic carbocycles. The molecule has 4 heteroatoms. The van der Waals surface area contributed by atoms with Gasteiger partial charge in [-0.1, -0.05) is 12.1 Å². The number of hydrogen-bond acceptors (Lipinski definition) is 3. The Balaban J connectivity index is 1.95. The van der Waals surface area contributed by atoms with E-state index in [-0.39, 0.29) is 11.8 Å².